The summed E-state index contributed by atoms with van der Waals surface area (Å²) in [5.41, 5.74) is 9.01. The first-order valence-electron chi connectivity index (χ1n) is 5.03. The lowest BCUT2D eigenvalue weighted by Gasteiger charge is -2.16. The number of benzene rings is 1. The second-order valence-electron chi connectivity index (χ2n) is 3.97. The molecular weight excluding hydrogens is 212 g/mol. The number of hydrogen-bond acceptors (Lipinski definition) is 3. The molecule has 4 heteroatoms. The van der Waals surface area contributed by atoms with Crippen molar-refractivity contribution >= 4 is 17.3 Å². The van der Waals surface area contributed by atoms with Crippen molar-refractivity contribution in [3.05, 3.63) is 28.3 Å². The van der Waals surface area contributed by atoms with E-state index in [9.17, 15) is 0 Å². The van der Waals surface area contributed by atoms with Gasteiger partial charge in [0.05, 0.1) is 23.4 Å². The molecule has 0 saturated heterocycles. The summed E-state index contributed by atoms with van der Waals surface area (Å²) < 4.78 is 0. The summed E-state index contributed by atoms with van der Waals surface area (Å²) in [5, 5.41) is 9.73. The highest BCUT2D eigenvalue weighted by Crippen LogP contribution is 2.36. The summed E-state index contributed by atoms with van der Waals surface area (Å²) in [6, 6.07) is 3.56. The molecule has 1 heterocycles. The molecule has 0 aromatic heterocycles. The molecule has 0 spiro atoms. The van der Waals surface area contributed by atoms with Gasteiger partial charge in [0.25, 0.3) is 0 Å². The van der Waals surface area contributed by atoms with Gasteiger partial charge >= 0.3 is 0 Å². The molecule has 1 aliphatic heterocycles. The summed E-state index contributed by atoms with van der Waals surface area (Å²) in [4.78, 5) is 2.14. The minimum absolute atomic E-state index is 0.0506. The number of rotatable bonds is 2. The topological polar surface area (TPSA) is 49.5 Å². The predicted molar refractivity (Wildman–Crippen MR) is 62.4 cm³/mol. The first-order valence-corrected chi connectivity index (χ1v) is 5.41. The smallest absolute Gasteiger partial charge is 0.0645 e. The van der Waals surface area contributed by atoms with Gasteiger partial charge in [-0.3, -0.25) is 0 Å². The zero-order valence-corrected chi connectivity index (χ0v) is 9.46. The Bertz CT molecular complexity index is 381. The van der Waals surface area contributed by atoms with Crippen LogP contribution in [0.2, 0.25) is 5.02 Å². The van der Waals surface area contributed by atoms with Crippen molar-refractivity contribution in [1.29, 1.82) is 0 Å². The van der Waals surface area contributed by atoms with E-state index in [2.05, 4.69) is 4.90 Å². The predicted octanol–water partition coefficient (Wildman–Crippen LogP) is 1.32. The molecule has 1 aliphatic rings. The molecule has 0 unspecified atom stereocenters. The van der Waals surface area contributed by atoms with Crippen molar-refractivity contribution < 1.29 is 5.11 Å². The number of nitrogens with two attached hydrogens (primary N) is 1. The van der Waals surface area contributed by atoms with Crippen LogP contribution in [0, 0.1) is 0 Å². The Kier molecular flexibility index (Phi) is 2.87. The lowest BCUT2D eigenvalue weighted by atomic mass is 10.0. The van der Waals surface area contributed by atoms with Crippen molar-refractivity contribution in [3.63, 3.8) is 0 Å². The van der Waals surface area contributed by atoms with Crippen LogP contribution in [0.1, 0.15) is 17.2 Å². The molecule has 3 nitrogen and oxygen atoms in total. The fourth-order valence-electron chi connectivity index (χ4n) is 2.02. The van der Waals surface area contributed by atoms with Gasteiger partial charge in [0.2, 0.25) is 0 Å². The zero-order valence-electron chi connectivity index (χ0n) is 8.70. The maximum absolute atomic E-state index is 9.00. The molecule has 15 heavy (non-hydrogen) atoms. The van der Waals surface area contributed by atoms with Gasteiger partial charge in [0, 0.05) is 13.6 Å². The number of hydrogen-bond donors (Lipinski definition) is 2. The Balaban J connectivity index is 2.44. The number of aliphatic hydroxyl groups is 1. The molecular formula is C11H15ClN2O. The number of nitrogens with zero attached hydrogens (tertiary/aromatic N) is 1. The monoisotopic (exact) mass is 226 g/mol. The van der Waals surface area contributed by atoms with Gasteiger partial charge in [-0.1, -0.05) is 17.7 Å². The molecule has 3 N–H and O–H groups in total. The van der Waals surface area contributed by atoms with Crippen LogP contribution in [-0.2, 0) is 6.42 Å². The van der Waals surface area contributed by atoms with Crippen LogP contribution in [0.3, 0.4) is 0 Å². The standard InChI is InChI=1S/C11H15ClN2O/c1-14-3-2-7-4-8(10(13)6-15)5-9(12)11(7)14/h4-5,10,15H,2-3,6,13H2,1H3/t10-/m1/s1. The Hall–Kier alpha value is -0.770. The highest BCUT2D eigenvalue weighted by Gasteiger charge is 2.20. The Morgan fingerprint density at radius 3 is 3.00 bits per heavy atom. The third-order valence-electron chi connectivity index (χ3n) is 2.89. The summed E-state index contributed by atoms with van der Waals surface area (Å²) >= 11 is 6.19. The molecule has 0 amide bonds. The van der Waals surface area contributed by atoms with Gasteiger partial charge in [-0.25, -0.2) is 0 Å². The molecule has 0 bridgehead atoms. The normalized spacial score (nSPS) is 16.7. The third-order valence-corrected chi connectivity index (χ3v) is 3.18. The van der Waals surface area contributed by atoms with Gasteiger partial charge in [-0.15, -0.1) is 0 Å². The van der Waals surface area contributed by atoms with Crippen LogP contribution in [0.5, 0.6) is 0 Å². The first kappa shape index (κ1) is 10.7. The number of fused-ring (bicyclic) bond motifs is 1. The molecule has 0 aliphatic carbocycles. The van der Waals surface area contributed by atoms with Gasteiger partial charge < -0.3 is 15.7 Å². The van der Waals surface area contributed by atoms with Crippen molar-refractivity contribution in [2.45, 2.75) is 12.5 Å². The highest BCUT2D eigenvalue weighted by atomic mass is 35.5. The maximum Gasteiger partial charge on any atom is 0.0645 e. The van der Waals surface area contributed by atoms with Gasteiger partial charge in [0.1, 0.15) is 0 Å². The largest absolute Gasteiger partial charge is 0.394 e. The van der Waals surface area contributed by atoms with E-state index >= 15 is 0 Å². The fourth-order valence-corrected chi connectivity index (χ4v) is 2.41. The Morgan fingerprint density at radius 1 is 1.60 bits per heavy atom. The van der Waals surface area contributed by atoms with Crippen molar-refractivity contribution in [2.24, 2.45) is 5.73 Å². The van der Waals surface area contributed by atoms with E-state index in [1.54, 1.807) is 0 Å². The van der Waals surface area contributed by atoms with E-state index in [4.69, 9.17) is 22.4 Å². The molecule has 82 valence electrons. The van der Waals surface area contributed by atoms with Crippen molar-refractivity contribution in [3.8, 4) is 0 Å². The number of aliphatic hydroxyl groups excluding tert-OH is 1. The van der Waals surface area contributed by atoms with E-state index in [-0.39, 0.29) is 12.6 Å². The summed E-state index contributed by atoms with van der Waals surface area (Å²) in [7, 11) is 2.03. The maximum atomic E-state index is 9.00. The van der Waals surface area contributed by atoms with E-state index in [0.717, 1.165) is 29.2 Å². The number of anilines is 1. The molecule has 1 atom stereocenters. The van der Waals surface area contributed by atoms with Crippen molar-refractivity contribution in [2.75, 3.05) is 25.1 Å². The first-order chi connectivity index (χ1) is 7.13. The third kappa shape index (κ3) is 1.83. The van der Waals surface area contributed by atoms with Crippen LogP contribution in [0.15, 0.2) is 12.1 Å². The second kappa shape index (κ2) is 4.00. The molecule has 0 saturated carbocycles. The van der Waals surface area contributed by atoms with Gasteiger partial charge in [0.15, 0.2) is 0 Å². The van der Waals surface area contributed by atoms with Gasteiger partial charge in [-0.2, -0.15) is 0 Å². The Morgan fingerprint density at radius 2 is 2.33 bits per heavy atom. The van der Waals surface area contributed by atoms with Crippen LogP contribution in [-0.4, -0.2) is 25.3 Å². The number of likely N-dealkylation sites (N-methyl/N-ethyl adjacent to an activating group) is 1. The zero-order chi connectivity index (χ0) is 11.0. The van der Waals surface area contributed by atoms with Crippen LogP contribution < -0.4 is 10.6 Å². The van der Waals surface area contributed by atoms with Crippen LogP contribution >= 0.6 is 11.6 Å². The quantitative estimate of drug-likeness (QED) is 0.800. The van der Waals surface area contributed by atoms with Crippen molar-refractivity contribution in [1.82, 2.24) is 0 Å². The lowest BCUT2D eigenvalue weighted by Crippen LogP contribution is -2.15. The van der Waals surface area contributed by atoms with E-state index in [1.165, 1.54) is 5.56 Å². The number of halogens is 1. The SMILES string of the molecule is CN1CCc2cc([C@H](N)CO)cc(Cl)c21. The fraction of sp³-hybridized carbons (Fsp3) is 0.455. The van der Waals surface area contributed by atoms with E-state index in [0.29, 0.717) is 0 Å². The summed E-state index contributed by atoms with van der Waals surface area (Å²) in [6.07, 6.45) is 0.998. The van der Waals surface area contributed by atoms with E-state index in [1.807, 2.05) is 19.2 Å². The average Bonchev–Trinajstić information content (AvgIpc) is 2.59. The minimum atomic E-state index is -0.335. The van der Waals surface area contributed by atoms with Gasteiger partial charge in [-0.05, 0) is 23.6 Å². The highest BCUT2D eigenvalue weighted by molar-refractivity contribution is 6.33. The molecule has 1 aromatic carbocycles. The Labute approximate surface area is 94.4 Å². The molecule has 0 fully saturated rings. The second-order valence-corrected chi connectivity index (χ2v) is 4.38. The average molecular weight is 227 g/mol. The van der Waals surface area contributed by atoms with Crippen LogP contribution in [0.4, 0.5) is 5.69 Å². The summed E-state index contributed by atoms with van der Waals surface area (Å²) in [6.45, 7) is 0.942. The van der Waals surface area contributed by atoms with Crippen LogP contribution in [0.25, 0.3) is 0 Å². The van der Waals surface area contributed by atoms with E-state index < -0.39 is 0 Å². The summed E-state index contributed by atoms with van der Waals surface area (Å²) in [5.74, 6) is 0. The minimum Gasteiger partial charge on any atom is -0.394 e. The molecule has 2 rings (SSSR count). The molecule has 0 radical (unpaired) electrons. The molecule has 1 aromatic rings. The lowest BCUT2D eigenvalue weighted by molar-refractivity contribution is 0.268.